The van der Waals surface area contributed by atoms with Gasteiger partial charge in [-0.1, -0.05) is 11.8 Å². The fourth-order valence-electron chi connectivity index (χ4n) is 1.93. The molecule has 0 atom stereocenters. The highest BCUT2D eigenvalue weighted by Gasteiger charge is 2.11. The van der Waals surface area contributed by atoms with E-state index in [-0.39, 0.29) is 0 Å². The van der Waals surface area contributed by atoms with Crippen molar-refractivity contribution >= 4 is 17.4 Å². The fraction of sp³-hybridized carbons (Fsp3) is 0.267. The monoisotopic (exact) mass is 288 g/mol. The van der Waals surface area contributed by atoms with Gasteiger partial charge in [0.1, 0.15) is 5.03 Å². The first kappa shape index (κ1) is 13.1. The Bertz CT molecular complexity index is 631. The van der Waals surface area contributed by atoms with Crippen LogP contribution < -0.4 is 15.2 Å². The summed E-state index contributed by atoms with van der Waals surface area (Å²) in [5.74, 6) is 1.62. The van der Waals surface area contributed by atoms with Gasteiger partial charge in [-0.3, -0.25) is 0 Å². The van der Waals surface area contributed by atoms with E-state index in [1.54, 1.807) is 11.8 Å². The van der Waals surface area contributed by atoms with Gasteiger partial charge in [-0.2, -0.15) is 0 Å². The normalized spacial score (nSPS) is 13.8. The summed E-state index contributed by atoms with van der Waals surface area (Å²) in [6.45, 7) is 3.31. The Morgan fingerprint density at radius 3 is 2.70 bits per heavy atom. The van der Waals surface area contributed by atoms with E-state index in [0.717, 1.165) is 33.5 Å². The summed E-state index contributed by atoms with van der Waals surface area (Å²) in [7, 11) is 0. The maximum absolute atomic E-state index is 5.78. The molecule has 0 aliphatic carbocycles. The number of pyridine rings is 1. The number of aromatic nitrogens is 1. The molecule has 0 spiro atoms. The molecule has 2 aromatic rings. The molecule has 1 aromatic heterocycles. The van der Waals surface area contributed by atoms with Gasteiger partial charge in [0.25, 0.3) is 0 Å². The molecule has 0 saturated heterocycles. The molecule has 1 aliphatic heterocycles. The number of nitrogen functional groups attached to an aromatic ring is 1. The van der Waals surface area contributed by atoms with Crippen molar-refractivity contribution in [1.82, 2.24) is 4.98 Å². The van der Waals surface area contributed by atoms with Crippen molar-refractivity contribution in [2.45, 2.75) is 23.3 Å². The van der Waals surface area contributed by atoms with Gasteiger partial charge in [-0.25, -0.2) is 4.98 Å². The molecule has 20 heavy (non-hydrogen) atoms. The highest BCUT2D eigenvalue weighted by atomic mass is 32.2. The molecule has 4 nitrogen and oxygen atoms in total. The first-order valence-corrected chi connectivity index (χ1v) is 7.34. The standard InChI is InChI=1S/C15H16N2O2S/c1-10-12(16)4-6-15(17-10)20-11-3-5-13-14(9-11)19-8-2-7-18-13/h3-6,9H,2,7-8,16H2,1H3. The third-order valence-electron chi connectivity index (χ3n) is 3.04. The molecule has 104 valence electrons. The number of nitrogens with zero attached hydrogens (tertiary/aromatic N) is 1. The highest BCUT2D eigenvalue weighted by molar-refractivity contribution is 7.99. The third kappa shape index (κ3) is 2.82. The van der Waals surface area contributed by atoms with Crippen molar-refractivity contribution in [3.63, 3.8) is 0 Å². The summed E-state index contributed by atoms with van der Waals surface area (Å²) in [4.78, 5) is 5.54. The second kappa shape index (κ2) is 5.63. The molecular formula is C15H16N2O2S. The van der Waals surface area contributed by atoms with Crippen LogP contribution >= 0.6 is 11.8 Å². The predicted molar refractivity (Wildman–Crippen MR) is 79.6 cm³/mol. The van der Waals surface area contributed by atoms with Crippen LogP contribution in [0.2, 0.25) is 0 Å². The van der Waals surface area contributed by atoms with E-state index in [1.807, 2.05) is 37.3 Å². The van der Waals surface area contributed by atoms with E-state index in [9.17, 15) is 0 Å². The lowest BCUT2D eigenvalue weighted by Gasteiger charge is -2.09. The minimum absolute atomic E-state index is 0.695. The van der Waals surface area contributed by atoms with Crippen molar-refractivity contribution in [2.24, 2.45) is 0 Å². The van der Waals surface area contributed by atoms with Crippen LogP contribution in [0.1, 0.15) is 12.1 Å². The highest BCUT2D eigenvalue weighted by Crippen LogP contribution is 2.36. The Labute approximate surface area is 122 Å². The summed E-state index contributed by atoms with van der Waals surface area (Å²) < 4.78 is 11.3. The Balaban J connectivity index is 1.83. The largest absolute Gasteiger partial charge is 0.490 e. The number of benzene rings is 1. The molecule has 0 bridgehead atoms. The second-order valence-electron chi connectivity index (χ2n) is 4.59. The summed E-state index contributed by atoms with van der Waals surface area (Å²) in [6, 6.07) is 9.78. The molecule has 3 rings (SSSR count). The van der Waals surface area contributed by atoms with Gasteiger partial charge in [0.05, 0.1) is 24.6 Å². The maximum Gasteiger partial charge on any atom is 0.162 e. The molecule has 1 aliphatic rings. The Kier molecular flexibility index (Phi) is 3.69. The van der Waals surface area contributed by atoms with Crippen LogP contribution in [0.4, 0.5) is 5.69 Å². The first-order valence-electron chi connectivity index (χ1n) is 6.53. The van der Waals surface area contributed by atoms with Crippen LogP contribution in [0, 0.1) is 6.92 Å². The SMILES string of the molecule is Cc1nc(Sc2ccc3c(c2)OCCCO3)ccc1N. The van der Waals surface area contributed by atoms with Gasteiger partial charge >= 0.3 is 0 Å². The molecular weight excluding hydrogens is 272 g/mol. The predicted octanol–water partition coefficient (Wildman–Crippen LogP) is 3.28. The maximum atomic E-state index is 5.78. The van der Waals surface area contributed by atoms with E-state index in [2.05, 4.69) is 4.98 Å². The van der Waals surface area contributed by atoms with E-state index in [4.69, 9.17) is 15.2 Å². The molecule has 2 heterocycles. The number of fused-ring (bicyclic) bond motifs is 1. The van der Waals surface area contributed by atoms with Gasteiger partial charge in [0.2, 0.25) is 0 Å². The lowest BCUT2D eigenvalue weighted by molar-refractivity contribution is 0.297. The molecule has 0 fully saturated rings. The van der Waals surface area contributed by atoms with Crippen LogP contribution in [0.3, 0.4) is 0 Å². The van der Waals surface area contributed by atoms with Crippen molar-refractivity contribution in [3.05, 3.63) is 36.0 Å². The molecule has 0 radical (unpaired) electrons. The summed E-state index contributed by atoms with van der Waals surface area (Å²) in [5.41, 5.74) is 7.35. The fourth-order valence-corrected chi connectivity index (χ4v) is 2.80. The smallest absolute Gasteiger partial charge is 0.162 e. The molecule has 1 aromatic carbocycles. The van der Waals surface area contributed by atoms with Gasteiger partial charge in [-0.05, 0) is 37.3 Å². The van der Waals surface area contributed by atoms with Gasteiger partial charge < -0.3 is 15.2 Å². The average Bonchev–Trinajstić information content (AvgIpc) is 2.68. The van der Waals surface area contributed by atoms with Crippen LogP contribution in [0.15, 0.2) is 40.3 Å². The van der Waals surface area contributed by atoms with E-state index in [1.165, 1.54) is 0 Å². The van der Waals surface area contributed by atoms with E-state index < -0.39 is 0 Å². The van der Waals surface area contributed by atoms with Crippen LogP contribution in [-0.2, 0) is 0 Å². The number of hydrogen-bond donors (Lipinski definition) is 1. The number of rotatable bonds is 2. The van der Waals surface area contributed by atoms with Crippen molar-refractivity contribution < 1.29 is 9.47 Å². The number of nitrogens with two attached hydrogens (primary N) is 1. The topological polar surface area (TPSA) is 57.4 Å². The quantitative estimate of drug-likeness (QED) is 0.919. The first-order chi connectivity index (χ1) is 9.72. The molecule has 2 N–H and O–H groups in total. The minimum atomic E-state index is 0.695. The van der Waals surface area contributed by atoms with Gasteiger partial charge in [0, 0.05) is 11.3 Å². The Hall–Kier alpha value is -1.88. The molecule has 0 saturated carbocycles. The lowest BCUT2D eigenvalue weighted by Crippen LogP contribution is -1.97. The molecule has 5 heteroatoms. The Morgan fingerprint density at radius 2 is 1.90 bits per heavy atom. The van der Waals surface area contributed by atoms with Crippen molar-refractivity contribution in [2.75, 3.05) is 18.9 Å². The third-order valence-corrected chi connectivity index (χ3v) is 3.97. The second-order valence-corrected chi connectivity index (χ2v) is 5.68. The van der Waals surface area contributed by atoms with E-state index in [0.29, 0.717) is 18.9 Å². The summed E-state index contributed by atoms with van der Waals surface area (Å²) in [6.07, 6.45) is 0.913. The van der Waals surface area contributed by atoms with Crippen molar-refractivity contribution in [1.29, 1.82) is 0 Å². The zero-order valence-corrected chi connectivity index (χ0v) is 12.1. The zero-order valence-electron chi connectivity index (χ0n) is 11.3. The van der Waals surface area contributed by atoms with Crippen LogP contribution in [0.25, 0.3) is 0 Å². The van der Waals surface area contributed by atoms with E-state index >= 15 is 0 Å². The van der Waals surface area contributed by atoms with Gasteiger partial charge in [0.15, 0.2) is 11.5 Å². The number of anilines is 1. The lowest BCUT2D eigenvalue weighted by atomic mass is 10.3. The molecule has 0 unspecified atom stereocenters. The van der Waals surface area contributed by atoms with Crippen molar-refractivity contribution in [3.8, 4) is 11.5 Å². The number of aryl methyl sites for hydroxylation is 1. The Morgan fingerprint density at radius 1 is 1.10 bits per heavy atom. The summed E-state index contributed by atoms with van der Waals surface area (Å²) in [5, 5.41) is 0.922. The summed E-state index contributed by atoms with van der Waals surface area (Å²) >= 11 is 1.59. The minimum Gasteiger partial charge on any atom is -0.490 e. The number of hydrogen-bond acceptors (Lipinski definition) is 5. The van der Waals surface area contributed by atoms with Crippen LogP contribution in [-0.4, -0.2) is 18.2 Å². The average molecular weight is 288 g/mol. The van der Waals surface area contributed by atoms with Crippen LogP contribution in [0.5, 0.6) is 11.5 Å². The molecule has 0 amide bonds. The van der Waals surface area contributed by atoms with Gasteiger partial charge in [-0.15, -0.1) is 0 Å². The number of ether oxygens (including phenoxy) is 2. The zero-order chi connectivity index (χ0) is 13.9.